The highest BCUT2D eigenvalue weighted by Gasteiger charge is 2.05. The SMILES string of the molecule is CC(N)c1cn(Cc2cncc(Br)c2)nn1. The van der Waals surface area contributed by atoms with Crippen molar-refractivity contribution < 1.29 is 0 Å². The lowest BCUT2D eigenvalue weighted by atomic mass is 10.3. The monoisotopic (exact) mass is 281 g/mol. The zero-order valence-electron chi connectivity index (χ0n) is 8.84. The van der Waals surface area contributed by atoms with Gasteiger partial charge in [0.15, 0.2) is 0 Å². The summed E-state index contributed by atoms with van der Waals surface area (Å²) < 4.78 is 2.71. The maximum atomic E-state index is 5.71. The molecule has 1 atom stereocenters. The molecule has 0 aliphatic carbocycles. The Morgan fingerprint density at radius 3 is 2.94 bits per heavy atom. The Morgan fingerprint density at radius 1 is 1.50 bits per heavy atom. The fraction of sp³-hybridized carbons (Fsp3) is 0.300. The quantitative estimate of drug-likeness (QED) is 0.926. The molecule has 0 bridgehead atoms. The molecule has 0 amide bonds. The van der Waals surface area contributed by atoms with Gasteiger partial charge in [0.05, 0.1) is 18.4 Å². The van der Waals surface area contributed by atoms with Crippen molar-refractivity contribution >= 4 is 15.9 Å². The molecule has 16 heavy (non-hydrogen) atoms. The largest absolute Gasteiger partial charge is 0.323 e. The van der Waals surface area contributed by atoms with Crippen molar-refractivity contribution in [1.82, 2.24) is 20.0 Å². The van der Waals surface area contributed by atoms with Gasteiger partial charge in [-0.2, -0.15) is 0 Å². The van der Waals surface area contributed by atoms with Crippen molar-refractivity contribution in [3.05, 3.63) is 40.4 Å². The Balaban J connectivity index is 2.14. The van der Waals surface area contributed by atoms with Crippen LogP contribution in [0, 0.1) is 0 Å². The molecule has 2 aromatic rings. The van der Waals surface area contributed by atoms with E-state index in [0.29, 0.717) is 6.54 Å². The number of rotatable bonds is 3. The minimum atomic E-state index is -0.0885. The molecule has 6 heteroatoms. The Hall–Kier alpha value is -1.27. The van der Waals surface area contributed by atoms with Crippen molar-refractivity contribution in [3.8, 4) is 0 Å². The van der Waals surface area contributed by atoms with Gasteiger partial charge in [-0.3, -0.25) is 4.98 Å². The van der Waals surface area contributed by atoms with Crippen molar-refractivity contribution in [1.29, 1.82) is 0 Å². The van der Waals surface area contributed by atoms with Crippen LogP contribution in [0.1, 0.15) is 24.2 Å². The molecule has 0 saturated heterocycles. The lowest BCUT2D eigenvalue weighted by molar-refractivity contribution is 0.646. The third-order valence-corrected chi connectivity index (χ3v) is 2.56. The van der Waals surface area contributed by atoms with Crippen molar-refractivity contribution in [3.63, 3.8) is 0 Å². The van der Waals surface area contributed by atoms with E-state index in [-0.39, 0.29) is 6.04 Å². The zero-order chi connectivity index (χ0) is 11.5. The third-order valence-electron chi connectivity index (χ3n) is 2.13. The van der Waals surface area contributed by atoms with Crippen LogP contribution in [0.15, 0.2) is 29.1 Å². The van der Waals surface area contributed by atoms with Gasteiger partial charge in [-0.15, -0.1) is 5.10 Å². The summed E-state index contributed by atoms with van der Waals surface area (Å²) in [6, 6.07) is 1.91. The van der Waals surface area contributed by atoms with Gasteiger partial charge in [0.25, 0.3) is 0 Å². The fourth-order valence-electron chi connectivity index (χ4n) is 1.33. The summed E-state index contributed by atoms with van der Waals surface area (Å²) in [6.45, 7) is 2.53. The van der Waals surface area contributed by atoms with Gasteiger partial charge in [0.2, 0.25) is 0 Å². The Bertz CT molecular complexity index is 480. The molecule has 0 saturated carbocycles. The molecule has 2 N–H and O–H groups in total. The van der Waals surface area contributed by atoms with Gasteiger partial charge >= 0.3 is 0 Å². The molecular weight excluding hydrogens is 270 g/mol. The maximum absolute atomic E-state index is 5.71. The fourth-order valence-corrected chi connectivity index (χ4v) is 1.74. The van der Waals surface area contributed by atoms with E-state index in [1.54, 1.807) is 17.1 Å². The zero-order valence-corrected chi connectivity index (χ0v) is 10.4. The van der Waals surface area contributed by atoms with Crippen molar-refractivity contribution in [2.45, 2.75) is 19.5 Å². The van der Waals surface area contributed by atoms with Gasteiger partial charge in [0.1, 0.15) is 0 Å². The summed E-state index contributed by atoms with van der Waals surface area (Å²) in [7, 11) is 0. The molecule has 0 aliphatic heterocycles. The molecule has 2 heterocycles. The number of hydrogen-bond acceptors (Lipinski definition) is 4. The smallest absolute Gasteiger partial charge is 0.0991 e. The van der Waals surface area contributed by atoms with Crippen LogP contribution in [0.25, 0.3) is 0 Å². The number of hydrogen-bond donors (Lipinski definition) is 1. The van der Waals surface area contributed by atoms with E-state index >= 15 is 0 Å². The predicted octanol–water partition coefficient (Wildman–Crippen LogP) is 1.50. The molecule has 0 fully saturated rings. The molecule has 0 radical (unpaired) electrons. The molecule has 2 rings (SSSR count). The van der Waals surface area contributed by atoms with E-state index in [9.17, 15) is 0 Å². The second-order valence-corrected chi connectivity index (χ2v) is 4.56. The minimum Gasteiger partial charge on any atom is -0.323 e. The van der Waals surface area contributed by atoms with Crippen LogP contribution in [0.3, 0.4) is 0 Å². The first kappa shape index (κ1) is 11.2. The van der Waals surface area contributed by atoms with Crippen molar-refractivity contribution in [2.75, 3.05) is 0 Å². The topological polar surface area (TPSA) is 69.6 Å². The average molecular weight is 282 g/mol. The first-order valence-corrected chi connectivity index (χ1v) is 5.69. The van der Waals surface area contributed by atoms with Crippen LogP contribution in [-0.4, -0.2) is 20.0 Å². The van der Waals surface area contributed by atoms with E-state index in [4.69, 9.17) is 5.73 Å². The minimum absolute atomic E-state index is 0.0885. The average Bonchev–Trinajstić information content (AvgIpc) is 2.66. The number of nitrogens with two attached hydrogens (primary N) is 1. The van der Waals surface area contributed by atoms with Gasteiger partial charge in [-0.1, -0.05) is 5.21 Å². The highest BCUT2D eigenvalue weighted by molar-refractivity contribution is 9.10. The summed E-state index contributed by atoms with van der Waals surface area (Å²) in [4.78, 5) is 4.09. The first-order valence-electron chi connectivity index (χ1n) is 4.90. The molecular formula is C10H12BrN5. The number of nitrogens with zero attached hydrogens (tertiary/aromatic N) is 4. The van der Waals surface area contributed by atoms with Gasteiger partial charge in [-0.05, 0) is 34.5 Å². The third kappa shape index (κ3) is 2.65. The van der Waals surface area contributed by atoms with Crippen LogP contribution >= 0.6 is 15.9 Å². The Kier molecular flexibility index (Phi) is 3.31. The number of pyridine rings is 1. The van der Waals surface area contributed by atoms with E-state index in [2.05, 4.69) is 31.2 Å². The Morgan fingerprint density at radius 2 is 2.31 bits per heavy atom. The molecule has 1 unspecified atom stereocenters. The normalized spacial score (nSPS) is 12.7. The van der Waals surface area contributed by atoms with E-state index in [1.165, 1.54) is 0 Å². The lowest BCUT2D eigenvalue weighted by Gasteiger charge is -2.00. The number of aromatic nitrogens is 4. The first-order chi connectivity index (χ1) is 7.65. The lowest BCUT2D eigenvalue weighted by Crippen LogP contribution is -2.05. The highest BCUT2D eigenvalue weighted by Crippen LogP contribution is 2.11. The molecule has 0 spiro atoms. The van der Waals surface area contributed by atoms with E-state index in [1.807, 2.05) is 19.2 Å². The molecule has 0 aromatic carbocycles. The summed E-state index contributed by atoms with van der Waals surface area (Å²) >= 11 is 3.38. The Labute approximate surface area is 102 Å². The van der Waals surface area contributed by atoms with Crippen LogP contribution in [0.5, 0.6) is 0 Å². The van der Waals surface area contributed by atoms with Crippen molar-refractivity contribution in [2.24, 2.45) is 5.73 Å². The molecule has 5 nitrogen and oxygen atoms in total. The van der Waals surface area contributed by atoms with Gasteiger partial charge in [-0.25, -0.2) is 4.68 Å². The van der Waals surface area contributed by atoms with Crippen LogP contribution in [0.2, 0.25) is 0 Å². The summed E-state index contributed by atoms with van der Waals surface area (Å²) in [5.41, 5.74) is 7.57. The van der Waals surface area contributed by atoms with Crippen LogP contribution in [-0.2, 0) is 6.54 Å². The second-order valence-electron chi connectivity index (χ2n) is 3.64. The summed E-state index contributed by atoms with van der Waals surface area (Å²) in [6.07, 6.45) is 5.40. The second kappa shape index (κ2) is 4.71. The van der Waals surface area contributed by atoms with Gasteiger partial charge < -0.3 is 5.73 Å². The van der Waals surface area contributed by atoms with E-state index in [0.717, 1.165) is 15.7 Å². The number of halogens is 1. The standard InChI is InChI=1S/C10H12BrN5/c1-7(12)10-6-16(15-14-10)5-8-2-9(11)4-13-3-8/h2-4,6-7H,5,12H2,1H3. The van der Waals surface area contributed by atoms with Gasteiger partial charge in [0, 0.05) is 22.9 Å². The van der Waals surface area contributed by atoms with E-state index < -0.39 is 0 Å². The molecule has 2 aromatic heterocycles. The van der Waals surface area contributed by atoms with Crippen LogP contribution < -0.4 is 5.73 Å². The summed E-state index contributed by atoms with van der Waals surface area (Å²) in [5.74, 6) is 0. The molecule has 0 aliphatic rings. The van der Waals surface area contributed by atoms with Crippen LogP contribution in [0.4, 0.5) is 0 Å². The predicted molar refractivity (Wildman–Crippen MR) is 63.7 cm³/mol. The highest BCUT2D eigenvalue weighted by atomic mass is 79.9. The molecule has 84 valence electrons. The summed E-state index contributed by atoms with van der Waals surface area (Å²) in [5, 5.41) is 8.00. The maximum Gasteiger partial charge on any atom is 0.0991 e.